The summed E-state index contributed by atoms with van der Waals surface area (Å²) < 4.78 is 16.5. The molecular formula is C13H13ClO4. The first kappa shape index (κ1) is 11.8. The van der Waals surface area contributed by atoms with Crippen LogP contribution in [0.25, 0.3) is 0 Å². The Morgan fingerprint density at radius 1 is 1.39 bits per heavy atom. The highest BCUT2D eigenvalue weighted by atomic mass is 35.5. The van der Waals surface area contributed by atoms with E-state index in [2.05, 4.69) is 0 Å². The number of hydrogen-bond acceptors (Lipinski definition) is 4. The molecule has 0 radical (unpaired) electrons. The highest BCUT2D eigenvalue weighted by Gasteiger charge is 2.45. The molecule has 0 unspecified atom stereocenters. The maximum atomic E-state index is 11.4. The van der Waals surface area contributed by atoms with E-state index in [0.29, 0.717) is 10.8 Å². The predicted molar refractivity (Wildman–Crippen MR) is 64.7 cm³/mol. The van der Waals surface area contributed by atoms with E-state index >= 15 is 0 Å². The second kappa shape index (κ2) is 4.14. The Kier molecular flexibility index (Phi) is 2.72. The van der Waals surface area contributed by atoms with Crippen molar-refractivity contribution in [1.82, 2.24) is 0 Å². The summed E-state index contributed by atoms with van der Waals surface area (Å²) in [5.41, 5.74) is 1.70. The van der Waals surface area contributed by atoms with E-state index in [1.54, 1.807) is 19.2 Å². The van der Waals surface area contributed by atoms with Crippen molar-refractivity contribution >= 4 is 17.6 Å². The summed E-state index contributed by atoms with van der Waals surface area (Å²) in [5.74, 6) is 0.465. The minimum absolute atomic E-state index is 0.163. The molecule has 0 amide bonds. The maximum absolute atomic E-state index is 11.4. The number of methoxy groups -OCH3 is 1. The number of ether oxygens (including phenoxy) is 3. The van der Waals surface area contributed by atoms with Gasteiger partial charge in [0.15, 0.2) is 6.10 Å². The zero-order valence-corrected chi connectivity index (χ0v) is 10.9. The number of benzene rings is 1. The number of hydrogen-bond donors (Lipinski definition) is 0. The van der Waals surface area contributed by atoms with Crippen molar-refractivity contribution in [3.8, 4) is 5.75 Å². The van der Waals surface area contributed by atoms with Gasteiger partial charge in [-0.05, 0) is 19.1 Å². The molecule has 0 N–H and O–H groups in total. The van der Waals surface area contributed by atoms with Gasteiger partial charge in [0.25, 0.3) is 0 Å². The maximum Gasteiger partial charge on any atom is 0.309 e. The van der Waals surface area contributed by atoms with E-state index < -0.39 is 6.10 Å². The van der Waals surface area contributed by atoms with Crippen LogP contribution in [-0.4, -0.2) is 19.2 Å². The molecule has 2 aliphatic heterocycles. The summed E-state index contributed by atoms with van der Waals surface area (Å²) in [6, 6.07) is 3.57. The fourth-order valence-corrected chi connectivity index (χ4v) is 2.98. The van der Waals surface area contributed by atoms with Crippen LogP contribution >= 0.6 is 11.6 Å². The molecule has 96 valence electrons. The molecule has 1 aromatic rings. The minimum atomic E-state index is -0.411. The molecular weight excluding hydrogens is 256 g/mol. The standard InChI is InChI=1S/C13H13ClO4/c1-6-11-8(16-2)4-3-7(14)12(11)13-9(17-6)5-10(15)18-13/h3-4,6,9,13H,5H2,1-2H3/t6-,9+,13-/m1/s1. The summed E-state index contributed by atoms with van der Waals surface area (Å²) >= 11 is 6.25. The fourth-order valence-electron chi connectivity index (χ4n) is 2.71. The average molecular weight is 269 g/mol. The largest absolute Gasteiger partial charge is 0.496 e. The summed E-state index contributed by atoms with van der Waals surface area (Å²) in [6.07, 6.45) is -0.539. The van der Waals surface area contributed by atoms with Gasteiger partial charge in [0.1, 0.15) is 11.9 Å². The minimum Gasteiger partial charge on any atom is -0.496 e. The first-order chi connectivity index (χ1) is 8.61. The summed E-state index contributed by atoms with van der Waals surface area (Å²) in [7, 11) is 1.60. The van der Waals surface area contributed by atoms with Gasteiger partial charge in [0, 0.05) is 16.1 Å². The quantitative estimate of drug-likeness (QED) is 0.735. The normalized spacial score (nSPS) is 29.5. The molecule has 0 spiro atoms. The SMILES string of the molecule is COc1ccc(Cl)c2c1[C@@H](C)O[C@H]1CC(=O)O[C@@H]21. The second-order valence-corrected chi connectivity index (χ2v) is 4.92. The molecule has 1 fully saturated rings. The number of fused-ring (bicyclic) bond motifs is 3. The van der Waals surface area contributed by atoms with Crippen LogP contribution < -0.4 is 4.74 Å². The number of halogens is 1. The van der Waals surface area contributed by atoms with Crippen LogP contribution in [0, 0.1) is 0 Å². The van der Waals surface area contributed by atoms with Crippen LogP contribution in [0.15, 0.2) is 12.1 Å². The summed E-state index contributed by atoms with van der Waals surface area (Å²) in [4.78, 5) is 11.4. The lowest BCUT2D eigenvalue weighted by atomic mass is 9.91. The molecule has 2 aliphatic rings. The second-order valence-electron chi connectivity index (χ2n) is 4.51. The molecule has 0 bridgehead atoms. The van der Waals surface area contributed by atoms with Gasteiger partial charge >= 0.3 is 5.97 Å². The molecule has 0 aliphatic carbocycles. The molecule has 3 rings (SSSR count). The Labute approximate surface area is 110 Å². The molecule has 2 heterocycles. The van der Waals surface area contributed by atoms with Crippen molar-refractivity contribution in [1.29, 1.82) is 0 Å². The third-order valence-corrected chi connectivity index (χ3v) is 3.78. The van der Waals surface area contributed by atoms with E-state index in [4.69, 9.17) is 25.8 Å². The number of rotatable bonds is 1. The van der Waals surface area contributed by atoms with Crippen molar-refractivity contribution in [2.75, 3.05) is 7.11 Å². The van der Waals surface area contributed by atoms with E-state index in [1.807, 2.05) is 6.92 Å². The van der Waals surface area contributed by atoms with Gasteiger partial charge in [-0.15, -0.1) is 0 Å². The van der Waals surface area contributed by atoms with Crippen LogP contribution in [0.4, 0.5) is 0 Å². The Morgan fingerprint density at radius 2 is 2.17 bits per heavy atom. The average Bonchev–Trinajstić information content (AvgIpc) is 2.69. The van der Waals surface area contributed by atoms with Gasteiger partial charge in [-0.1, -0.05) is 11.6 Å². The topological polar surface area (TPSA) is 44.8 Å². The lowest BCUT2D eigenvalue weighted by Crippen LogP contribution is -2.27. The van der Waals surface area contributed by atoms with Crippen LogP contribution in [0.1, 0.15) is 36.7 Å². The third kappa shape index (κ3) is 1.60. The van der Waals surface area contributed by atoms with Crippen molar-refractivity contribution in [2.24, 2.45) is 0 Å². The Morgan fingerprint density at radius 3 is 2.89 bits per heavy atom. The molecule has 1 aromatic carbocycles. The van der Waals surface area contributed by atoms with Gasteiger partial charge in [-0.3, -0.25) is 4.79 Å². The third-order valence-electron chi connectivity index (χ3n) is 3.45. The molecule has 4 nitrogen and oxygen atoms in total. The summed E-state index contributed by atoms with van der Waals surface area (Å²) in [6.45, 7) is 1.93. The van der Waals surface area contributed by atoms with E-state index in [-0.39, 0.29) is 24.6 Å². The number of carbonyl (C=O) groups is 1. The van der Waals surface area contributed by atoms with Gasteiger partial charge in [-0.25, -0.2) is 0 Å². The summed E-state index contributed by atoms with van der Waals surface area (Å²) in [5, 5.41) is 0.589. The van der Waals surface area contributed by atoms with E-state index in [0.717, 1.165) is 11.1 Å². The Hall–Kier alpha value is -1.26. The van der Waals surface area contributed by atoms with Gasteiger partial charge in [-0.2, -0.15) is 0 Å². The molecule has 0 saturated carbocycles. The van der Waals surface area contributed by atoms with Crippen molar-refractivity contribution in [2.45, 2.75) is 31.7 Å². The fraction of sp³-hybridized carbons (Fsp3) is 0.462. The smallest absolute Gasteiger partial charge is 0.309 e. The van der Waals surface area contributed by atoms with Gasteiger partial charge in [0.05, 0.1) is 19.6 Å². The Bertz CT molecular complexity index is 514. The van der Waals surface area contributed by atoms with Crippen molar-refractivity contribution in [3.63, 3.8) is 0 Å². The zero-order chi connectivity index (χ0) is 12.9. The van der Waals surface area contributed by atoms with Gasteiger partial charge in [0.2, 0.25) is 0 Å². The molecule has 0 aromatic heterocycles. The lowest BCUT2D eigenvalue weighted by molar-refractivity contribution is -0.143. The highest BCUT2D eigenvalue weighted by molar-refractivity contribution is 6.31. The van der Waals surface area contributed by atoms with Crippen LogP contribution in [-0.2, 0) is 14.3 Å². The molecule has 5 heteroatoms. The number of carbonyl (C=O) groups excluding carboxylic acids is 1. The van der Waals surface area contributed by atoms with Gasteiger partial charge < -0.3 is 14.2 Å². The van der Waals surface area contributed by atoms with Crippen LogP contribution in [0.5, 0.6) is 5.75 Å². The molecule has 3 atom stereocenters. The first-order valence-corrected chi connectivity index (χ1v) is 6.21. The Balaban J connectivity index is 2.18. The van der Waals surface area contributed by atoms with Crippen molar-refractivity contribution < 1.29 is 19.0 Å². The monoisotopic (exact) mass is 268 g/mol. The zero-order valence-electron chi connectivity index (χ0n) is 10.1. The number of esters is 1. The first-order valence-electron chi connectivity index (χ1n) is 5.83. The molecule has 1 saturated heterocycles. The predicted octanol–water partition coefficient (Wildman–Crippen LogP) is 2.80. The highest BCUT2D eigenvalue weighted by Crippen LogP contribution is 2.49. The lowest BCUT2D eigenvalue weighted by Gasteiger charge is -2.33. The van der Waals surface area contributed by atoms with E-state index in [1.165, 1.54) is 0 Å². The van der Waals surface area contributed by atoms with Crippen LogP contribution in [0.2, 0.25) is 5.02 Å². The van der Waals surface area contributed by atoms with Crippen molar-refractivity contribution in [3.05, 3.63) is 28.3 Å². The van der Waals surface area contributed by atoms with E-state index in [9.17, 15) is 4.79 Å². The molecule has 18 heavy (non-hydrogen) atoms. The van der Waals surface area contributed by atoms with Crippen LogP contribution in [0.3, 0.4) is 0 Å².